The van der Waals surface area contributed by atoms with E-state index in [0.29, 0.717) is 22.5 Å². The van der Waals surface area contributed by atoms with Crippen molar-refractivity contribution in [2.45, 2.75) is 13.5 Å². The molecule has 0 radical (unpaired) electrons. The lowest BCUT2D eigenvalue weighted by Gasteiger charge is -2.13. The maximum absolute atomic E-state index is 15.1. The Bertz CT molecular complexity index is 2080. The van der Waals surface area contributed by atoms with Gasteiger partial charge in [-0.1, -0.05) is 0 Å². The minimum absolute atomic E-state index is 0.0114. The predicted octanol–water partition coefficient (Wildman–Crippen LogP) is 4.74. The summed E-state index contributed by atoms with van der Waals surface area (Å²) in [4.78, 5) is 38.5. The van der Waals surface area contributed by atoms with Crippen LogP contribution in [0.25, 0.3) is 22.5 Å². The van der Waals surface area contributed by atoms with E-state index in [0.717, 1.165) is 33.5 Å². The molecule has 0 saturated heterocycles. The van der Waals surface area contributed by atoms with E-state index in [2.05, 4.69) is 20.6 Å². The van der Waals surface area contributed by atoms with Crippen molar-refractivity contribution in [3.63, 3.8) is 0 Å². The van der Waals surface area contributed by atoms with Crippen LogP contribution < -0.4 is 26.0 Å². The van der Waals surface area contributed by atoms with Gasteiger partial charge >= 0.3 is 17.3 Å². The minimum atomic E-state index is -1.11. The SMILES string of the molecule is CCn1cc(OC(=O)Nc2ccc(Oc3cc(-c4cc[nH]n4)cn4nccc34)c(F)c2)c(=O)n(-c2ccc(F)cc2)c1=O. The van der Waals surface area contributed by atoms with Crippen molar-refractivity contribution in [2.75, 3.05) is 5.32 Å². The molecule has 0 saturated carbocycles. The molecule has 6 aromatic rings. The van der Waals surface area contributed by atoms with Gasteiger partial charge in [-0.3, -0.25) is 19.8 Å². The number of carbonyl (C=O) groups is 1. The van der Waals surface area contributed by atoms with Crippen LogP contribution in [-0.4, -0.2) is 35.0 Å². The number of nitrogens with one attached hydrogen (secondary N) is 2. The zero-order valence-corrected chi connectivity index (χ0v) is 22.3. The van der Waals surface area contributed by atoms with Gasteiger partial charge in [0.15, 0.2) is 17.3 Å². The number of aromatic amines is 1. The van der Waals surface area contributed by atoms with Crippen molar-refractivity contribution in [1.82, 2.24) is 28.9 Å². The first kappa shape index (κ1) is 27.1. The fourth-order valence-electron chi connectivity index (χ4n) is 4.35. The number of anilines is 1. The van der Waals surface area contributed by atoms with Crippen LogP contribution >= 0.6 is 0 Å². The molecule has 0 bridgehead atoms. The smallest absolute Gasteiger partial charge is 0.417 e. The van der Waals surface area contributed by atoms with Gasteiger partial charge < -0.3 is 9.47 Å². The van der Waals surface area contributed by atoms with E-state index in [9.17, 15) is 18.8 Å². The summed E-state index contributed by atoms with van der Waals surface area (Å²) in [5.74, 6) is -1.62. The quantitative estimate of drug-likeness (QED) is 0.276. The molecule has 1 amide bonds. The summed E-state index contributed by atoms with van der Waals surface area (Å²) in [6.07, 6.45) is 4.99. The average molecular weight is 586 g/mol. The highest BCUT2D eigenvalue weighted by molar-refractivity contribution is 5.86. The van der Waals surface area contributed by atoms with E-state index in [4.69, 9.17) is 9.47 Å². The number of fused-ring (bicyclic) bond motifs is 1. The molecule has 12 nitrogen and oxygen atoms in total. The maximum atomic E-state index is 15.1. The van der Waals surface area contributed by atoms with Crippen LogP contribution in [0.15, 0.2) is 95.0 Å². The number of hydrogen-bond acceptors (Lipinski definition) is 7. The minimum Gasteiger partial charge on any atom is -0.452 e. The summed E-state index contributed by atoms with van der Waals surface area (Å²) in [5, 5.41) is 13.5. The third-order valence-electron chi connectivity index (χ3n) is 6.42. The Morgan fingerprint density at radius 2 is 1.79 bits per heavy atom. The number of H-pyrrole nitrogens is 1. The molecule has 0 unspecified atom stereocenters. The van der Waals surface area contributed by atoms with Crippen molar-refractivity contribution in [1.29, 1.82) is 0 Å². The number of carbonyl (C=O) groups excluding carboxylic acids is 1. The molecular formula is C29H21F2N7O5. The lowest BCUT2D eigenvalue weighted by molar-refractivity contribution is 0.213. The fraction of sp³-hybridized carbons (Fsp3) is 0.0690. The van der Waals surface area contributed by atoms with E-state index in [-0.39, 0.29) is 23.7 Å². The van der Waals surface area contributed by atoms with Gasteiger partial charge in [0.25, 0.3) is 0 Å². The first-order valence-corrected chi connectivity index (χ1v) is 12.9. The van der Waals surface area contributed by atoms with Gasteiger partial charge in [0.1, 0.15) is 11.3 Å². The molecule has 0 aliphatic heterocycles. The average Bonchev–Trinajstić information content (AvgIpc) is 3.70. The molecule has 216 valence electrons. The zero-order chi connectivity index (χ0) is 30.1. The highest BCUT2D eigenvalue weighted by atomic mass is 19.1. The van der Waals surface area contributed by atoms with E-state index >= 15 is 4.39 Å². The third kappa shape index (κ3) is 5.36. The highest BCUT2D eigenvalue weighted by Gasteiger charge is 2.18. The molecule has 4 heterocycles. The summed E-state index contributed by atoms with van der Waals surface area (Å²) in [6.45, 7) is 1.81. The third-order valence-corrected chi connectivity index (χ3v) is 6.42. The van der Waals surface area contributed by atoms with Crippen LogP contribution in [0.4, 0.5) is 19.3 Å². The molecule has 0 aliphatic rings. The summed E-state index contributed by atoms with van der Waals surface area (Å²) in [5.41, 5.74) is 0.371. The predicted molar refractivity (Wildman–Crippen MR) is 151 cm³/mol. The second-order valence-electron chi connectivity index (χ2n) is 9.15. The molecule has 2 N–H and O–H groups in total. The lowest BCUT2D eigenvalue weighted by Crippen LogP contribution is -2.39. The standard InChI is InChI=1S/C29H21F2N7O5/c1-2-36-16-26(27(39)38(29(36)41)20-6-3-18(30)4-7-20)43-28(40)34-19-5-8-24(21(31)14-19)42-25-13-17(22-9-11-32-35-22)15-37-23(25)10-12-33-37/h3-16H,2H2,1H3,(H,32,35)(H,34,40). The van der Waals surface area contributed by atoms with E-state index in [1.165, 1.54) is 24.3 Å². The molecule has 43 heavy (non-hydrogen) atoms. The molecular weight excluding hydrogens is 564 g/mol. The van der Waals surface area contributed by atoms with Gasteiger partial charge in [-0.05, 0) is 61.5 Å². The van der Waals surface area contributed by atoms with Crippen molar-refractivity contribution < 1.29 is 23.0 Å². The monoisotopic (exact) mass is 585 g/mol. The number of amides is 1. The van der Waals surface area contributed by atoms with Crippen molar-refractivity contribution >= 4 is 17.3 Å². The summed E-state index contributed by atoms with van der Waals surface area (Å²) in [7, 11) is 0. The number of aromatic nitrogens is 6. The highest BCUT2D eigenvalue weighted by Crippen LogP contribution is 2.32. The van der Waals surface area contributed by atoms with Crippen LogP contribution in [0, 0.1) is 11.6 Å². The van der Waals surface area contributed by atoms with Crippen LogP contribution in [0.5, 0.6) is 17.2 Å². The second kappa shape index (κ2) is 11.1. The molecule has 0 atom stereocenters. The Kier molecular flexibility index (Phi) is 6.99. The summed E-state index contributed by atoms with van der Waals surface area (Å²) >= 11 is 0. The van der Waals surface area contributed by atoms with Crippen molar-refractivity contribution in [3.8, 4) is 34.2 Å². The first-order valence-electron chi connectivity index (χ1n) is 12.9. The Morgan fingerprint density at radius 1 is 0.977 bits per heavy atom. The molecule has 0 aliphatic carbocycles. The first-order chi connectivity index (χ1) is 20.8. The number of benzene rings is 2. The van der Waals surface area contributed by atoms with Gasteiger partial charge in [-0.25, -0.2) is 27.5 Å². The fourth-order valence-corrected chi connectivity index (χ4v) is 4.35. The Morgan fingerprint density at radius 3 is 2.51 bits per heavy atom. The summed E-state index contributed by atoms with van der Waals surface area (Å²) < 4.78 is 43.1. The van der Waals surface area contributed by atoms with Crippen LogP contribution in [0.1, 0.15) is 6.92 Å². The van der Waals surface area contributed by atoms with Gasteiger partial charge in [-0.2, -0.15) is 10.2 Å². The number of aryl methyl sites for hydroxylation is 1. The maximum Gasteiger partial charge on any atom is 0.417 e. The molecule has 14 heteroatoms. The molecule has 0 spiro atoms. The normalized spacial score (nSPS) is 11.0. The second-order valence-corrected chi connectivity index (χ2v) is 9.15. The van der Waals surface area contributed by atoms with E-state index in [1.807, 2.05) is 0 Å². The van der Waals surface area contributed by atoms with Gasteiger partial charge in [0.2, 0.25) is 5.75 Å². The number of halogens is 2. The largest absolute Gasteiger partial charge is 0.452 e. The number of pyridine rings is 1. The Hall–Kier alpha value is -6.05. The topological polar surface area (TPSA) is 138 Å². The Labute approximate surface area is 240 Å². The number of nitrogens with zero attached hydrogens (tertiary/aromatic N) is 5. The van der Waals surface area contributed by atoms with Gasteiger partial charge in [0, 0.05) is 36.3 Å². The molecule has 0 fully saturated rings. The van der Waals surface area contributed by atoms with Crippen LogP contribution in [0.2, 0.25) is 0 Å². The number of ether oxygens (including phenoxy) is 2. The van der Waals surface area contributed by atoms with Crippen LogP contribution in [-0.2, 0) is 6.54 Å². The van der Waals surface area contributed by atoms with Gasteiger partial charge in [-0.15, -0.1) is 0 Å². The van der Waals surface area contributed by atoms with E-state index < -0.39 is 34.7 Å². The number of rotatable bonds is 7. The van der Waals surface area contributed by atoms with Crippen LogP contribution in [0.3, 0.4) is 0 Å². The molecule has 2 aromatic carbocycles. The van der Waals surface area contributed by atoms with E-state index in [1.54, 1.807) is 48.2 Å². The summed E-state index contributed by atoms with van der Waals surface area (Å²) in [6, 6.07) is 13.6. The van der Waals surface area contributed by atoms with Crippen molar-refractivity contribution in [3.05, 3.63) is 118 Å². The Balaban J connectivity index is 1.23. The lowest BCUT2D eigenvalue weighted by atomic mass is 10.2. The molecule has 4 aromatic heterocycles. The van der Waals surface area contributed by atoms with Crippen molar-refractivity contribution in [2.24, 2.45) is 0 Å². The zero-order valence-electron chi connectivity index (χ0n) is 22.3. The van der Waals surface area contributed by atoms with Gasteiger partial charge in [0.05, 0.1) is 23.8 Å². The molecule has 6 rings (SSSR count). The number of hydrogen-bond donors (Lipinski definition) is 2.